The van der Waals surface area contributed by atoms with Crippen molar-refractivity contribution in [1.29, 1.82) is 0 Å². The monoisotopic (exact) mass is 396 g/mol. The zero-order valence-electron chi connectivity index (χ0n) is 16.1. The Bertz CT molecular complexity index is 634. The highest BCUT2D eigenvalue weighted by atomic mass is 35.5. The lowest BCUT2D eigenvalue weighted by Gasteiger charge is -2.32. The van der Waals surface area contributed by atoms with Gasteiger partial charge in [0, 0.05) is 17.1 Å². The molecule has 1 aromatic rings. The number of ether oxygens (including phenoxy) is 1. The molecular weight excluding hydrogens is 368 g/mol. The summed E-state index contributed by atoms with van der Waals surface area (Å²) in [7, 11) is 0. The molecule has 1 saturated carbocycles. The first-order valence-corrected chi connectivity index (χ1v) is 9.73. The van der Waals surface area contributed by atoms with Crippen LogP contribution in [0, 0.1) is 0 Å². The fourth-order valence-electron chi connectivity index (χ4n) is 3.24. The standard InChI is InChI=1S/C20H29ClN2O4/c1-20(2,3)27-19(26)23-16-10-8-15(9-11-16)22-17(18(24)25)12-13-4-6-14(21)7-5-13/h4-7,15-17,22H,8-12H2,1-3H3,(H,23,26)(H,24,25)/t15?,16?,17-/m0/s1. The maximum atomic E-state index is 11.9. The van der Waals surface area contributed by atoms with Crippen LogP contribution in [0.15, 0.2) is 24.3 Å². The maximum absolute atomic E-state index is 11.9. The van der Waals surface area contributed by atoms with Crippen LogP contribution in [-0.4, -0.2) is 40.9 Å². The Kier molecular flexibility index (Phi) is 7.50. The largest absolute Gasteiger partial charge is 0.480 e. The van der Waals surface area contributed by atoms with Gasteiger partial charge in [0.2, 0.25) is 0 Å². The fraction of sp³-hybridized carbons (Fsp3) is 0.600. The van der Waals surface area contributed by atoms with Crippen LogP contribution in [-0.2, 0) is 16.0 Å². The van der Waals surface area contributed by atoms with Gasteiger partial charge in [-0.15, -0.1) is 0 Å². The van der Waals surface area contributed by atoms with E-state index in [0.717, 1.165) is 31.2 Å². The van der Waals surface area contributed by atoms with E-state index in [1.165, 1.54) is 0 Å². The van der Waals surface area contributed by atoms with E-state index in [1.807, 2.05) is 32.9 Å². The second-order valence-corrected chi connectivity index (χ2v) is 8.52. The minimum absolute atomic E-state index is 0.0671. The number of hydrogen-bond acceptors (Lipinski definition) is 4. The predicted molar refractivity (Wildman–Crippen MR) is 105 cm³/mol. The van der Waals surface area contributed by atoms with Crippen LogP contribution in [0.25, 0.3) is 0 Å². The molecule has 0 aliphatic heterocycles. The summed E-state index contributed by atoms with van der Waals surface area (Å²) in [6, 6.07) is 6.77. The molecule has 0 unspecified atom stereocenters. The van der Waals surface area contributed by atoms with Crippen LogP contribution < -0.4 is 10.6 Å². The Morgan fingerprint density at radius 2 is 1.70 bits per heavy atom. The van der Waals surface area contributed by atoms with Gasteiger partial charge >= 0.3 is 12.1 Å². The molecular formula is C20H29ClN2O4. The molecule has 2 rings (SSSR count). The van der Waals surface area contributed by atoms with Crippen molar-refractivity contribution in [3.8, 4) is 0 Å². The van der Waals surface area contributed by atoms with Gasteiger partial charge in [0.15, 0.2) is 0 Å². The second kappa shape index (κ2) is 9.42. The highest BCUT2D eigenvalue weighted by Crippen LogP contribution is 2.21. The highest BCUT2D eigenvalue weighted by molar-refractivity contribution is 6.30. The van der Waals surface area contributed by atoms with Gasteiger partial charge in [-0.3, -0.25) is 4.79 Å². The van der Waals surface area contributed by atoms with E-state index in [0.29, 0.717) is 11.4 Å². The van der Waals surface area contributed by atoms with E-state index < -0.39 is 23.7 Å². The number of nitrogens with one attached hydrogen (secondary N) is 2. The summed E-state index contributed by atoms with van der Waals surface area (Å²) in [5, 5.41) is 16.3. The summed E-state index contributed by atoms with van der Waals surface area (Å²) in [5.41, 5.74) is 0.415. The number of carbonyl (C=O) groups excluding carboxylic acids is 1. The molecule has 150 valence electrons. The molecule has 27 heavy (non-hydrogen) atoms. The summed E-state index contributed by atoms with van der Waals surface area (Å²) in [4.78, 5) is 23.5. The Morgan fingerprint density at radius 3 is 2.22 bits per heavy atom. The van der Waals surface area contributed by atoms with Gasteiger partial charge in [0.05, 0.1) is 0 Å². The van der Waals surface area contributed by atoms with Crippen LogP contribution in [0.1, 0.15) is 52.0 Å². The summed E-state index contributed by atoms with van der Waals surface area (Å²) in [6.45, 7) is 5.50. The molecule has 0 heterocycles. The zero-order chi connectivity index (χ0) is 20.0. The molecule has 1 amide bonds. The van der Waals surface area contributed by atoms with Crippen LogP contribution in [0.5, 0.6) is 0 Å². The molecule has 0 spiro atoms. The summed E-state index contributed by atoms with van der Waals surface area (Å²) >= 11 is 5.88. The van der Waals surface area contributed by atoms with E-state index >= 15 is 0 Å². The third-order valence-corrected chi connectivity index (χ3v) is 4.79. The summed E-state index contributed by atoms with van der Waals surface area (Å²) in [5.74, 6) is -0.862. The van der Waals surface area contributed by atoms with Gasteiger partial charge in [-0.05, 0) is 70.6 Å². The maximum Gasteiger partial charge on any atom is 0.407 e. The van der Waals surface area contributed by atoms with Crippen LogP contribution in [0.4, 0.5) is 4.79 Å². The molecule has 0 bridgehead atoms. The summed E-state index contributed by atoms with van der Waals surface area (Å²) in [6.07, 6.45) is 3.22. The van der Waals surface area contributed by atoms with Gasteiger partial charge < -0.3 is 20.5 Å². The average molecular weight is 397 g/mol. The van der Waals surface area contributed by atoms with E-state index in [9.17, 15) is 14.7 Å². The molecule has 0 saturated heterocycles. The first-order chi connectivity index (χ1) is 12.6. The normalized spacial score (nSPS) is 21.3. The van der Waals surface area contributed by atoms with Crippen molar-refractivity contribution < 1.29 is 19.4 Å². The molecule has 0 radical (unpaired) electrons. The smallest absolute Gasteiger partial charge is 0.407 e. The number of hydrogen-bond donors (Lipinski definition) is 3. The average Bonchev–Trinajstić information content (AvgIpc) is 2.56. The molecule has 3 N–H and O–H groups in total. The quantitative estimate of drug-likeness (QED) is 0.681. The number of amides is 1. The Labute approximate surface area is 165 Å². The Hall–Kier alpha value is -1.79. The third-order valence-electron chi connectivity index (χ3n) is 4.54. The molecule has 1 fully saturated rings. The van der Waals surface area contributed by atoms with E-state index in [-0.39, 0.29) is 12.1 Å². The lowest BCUT2D eigenvalue weighted by molar-refractivity contribution is -0.139. The fourth-order valence-corrected chi connectivity index (χ4v) is 3.36. The number of aliphatic carboxylic acids is 1. The van der Waals surface area contributed by atoms with Crippen molar-refractivity contribution in [3.05, 3.63) is 34.9 Å². The van der Waals surface area contributed by atoms with Crippen LogP contribution >= 0.6 is 11.6 Å². The van der Waals surface area contributed by atoms with Gasteiger partial charge in [-0.1, -0.05) is 23.7 Å². The number of rotatable bonds is 6. The lowest BCUT2D eigenvalue weighted by atomic mass is 9.90. The molecule has 1 atom stereocenters. The molecule has 1 aliphatic carbocycles. The summed E-state index contributed by atoms with van der Waals surface area (Å²) < 4.78 is 5.29. The number of carbonyl (C=O) groups is 2. The first kappa shape index (κ1) is 21.5. The molecule has 0 aromatic heterocycles. The third kappa shape index (κ3) is 7.77. The second-order valence-electron chi connectivity index (χ2n) is 8.08. The van der Waals surface area contributed by atoms with Crippen molar-refractivity contribution in [2.75, 3.05) is 0 Å². The van der Waals surface area contributed by atoms with Crippen molar-refractivity contribution in [2.24, 2.45) is 0 Å². The lowest BCUT2D eigenvalue weighted by Crippen LogP contribution is -2.48. The SMILES string of the molecule is CC(C)(C)OC(=O)NC1CCC(N[C@@H](Cc2ccc(Cl)cc2)C(=O)O)CC1. The number of benzene rings is 1. The van der Waals surface area contributed by atoms with Crippen LogP contribution in [0.3, 0.4) is 0 Å². The van der Waals surface area contributed by atoms with Gasteiger partial charge in [0.1, 0.15) is 11.6 Å². The van der Waals surface area contributed by atoms with E-state index in [2.05, 4.69) is 10.6 Å². The van der Waals surface area contributed by atoms with Crippen LogP contribution in [0.2, 0.25) is 5.02 Å². The van der Waals surface area contributed by atoms with Crippen molar-refractivity contribution in [1.82, 2.24) is 10.6 Å². The Balaban J connectivity index is 1.81. The molecule has 7 heteroatoms. The van der Waals surface area contributed by atoms with Crippen molar-refractivity contribution >= 4 is 23.7 Å². The van der Waals surface area contributed by atoms with Crippen molar-refractivity contribution in [3.63, 3.8) is 0 Å². The number of alkyl carbamates (subject to hydrolysis) is 1. The van der Waals surface area contributed by atoms with Gasteiger partial charge in [-0.25, -0.2) is 4.79 Å². The van der Waals surface area contributed by atoms with E-state index in [4.69, 9.17) is 16.3 Å². The number of carboxylic acid groups (broad SMARTS) is 1. The predicted octanol–water partition coefficient (Wildman–Crippen LogP) is 3.76. The van der Waals surface area contributed by atoms with Crippen molar-refractivity contribution in [2.45, 2.75) is 76.6 Å². The first-order valence-electron chi connectivity index (χ1n) is 9.35. The van der Waals surface area contributed by atoms with Gasteiger partial charge in [0.25, 0.3) is 0 Å². The highest BCUT2D eigenvalue weighted by Gasteiger charge is 2.28. The van der Waals surface area contributed by atoms with E-state index in [1.54, 1.807) is 12.1 Å². The molecule has 1 aromatic carbocycles. The molecule has 6 nitrogen and oxygen atoms in total. The minimum Gasteiger partial charge on any atom is -0.480 e. The minimum atomic E-state index is -0.862. The zero-order valence-corrected chi connectivity index (χ0v) is 16.9. The number of carboxylic acids is 1. The van der Waals surface area contributed by atoms with Gasteiger partial charge in [-0.2, -0.15) is 0 Å². The topological polar surface area (TPSA) is 87.7 Å². The number of halogens is 1. The molecule has 1 aliphatic rings. The Morgan fingerprint density at radius 1 is 1.15 bits per heavy atom.